The normalized spacial score (nSPS) is 16.8. The molecule has 0 saturated heterocycles. The average molecular weight is 358 g/mol. The summed E-state index contributed by atoms with van der Waals surface area (Å²) in [6, 6.07) is 4.75. The first-order valence-corrected chi connectivity index (χ1v) is 9.20. The quantitative estimate of drug-likeness (QED) is 0.716. The molecule has 4 rings (SSSR count). The minimum atomic E-state index is -0.427. The first-order chi connectivity index (χ1) is 12.1. The molecule has 0 bridgehead atoms. The third-order valence-electron chi connectivity index (χ3n) is 4.85. The number of aryl methyl sites for hydroxylation is 1. The van der Waals surface area contributed by atoms with Gasteiger partial charge in [-0.3, -0.25) is 9.36 Å². The molecule has 1 aliphatic rings. The number of thiophene rings is 1. The van der Waals surface area contributed by atoms with Crippen molar-refractivity contribution < 1.29 is 9.13 Å². The molecule has 0 unspecified atom stereocenters. The Hall–Kier alpha value is -2.21. The zero-order chi connectivity index (χ0) is 17.6. The lowest BCUT2D eigenvalue weighted by Gasteiger charge is -2.17. The number of hydrogen-bond acceptors (Lipinski definition) is 4. The van der Waals surface area contributed by atoms with E-state index in [9.17, 15) is 9.18 Å². The summed E-state index contributed by atoms with van der Waals surface area (Å²) in [5.41, 5.74) is 1.85. The molecule has 0 saturated carbocycles. The molecule has 3 aromatic rings. The molecule has 0 fully saturated rings. The molecule has 0 N–H and O–H groups in total. The molecule has 0 spiro atoms. The molecule has 4 nitrogen and oxygen atoms in total. The van der Waals surface area contributed by atoms with Crippen molar-refractivity contribution in [2.75, 3.05) is 7.11 Å². The molecule has 0 amide bonds. The van der Waals surface area contributed by atoms with E-state index in [0.717, 1.165) is 29.5 Å². The smallest absolute Gasteiger partial charge is 0.262 e. The van der Waals surface area contributed by atoms with Crippen molar-refractivity contribution in [1.82, 2.24) is 9.55 Å². The van der Waals surface area contributed by atoms with Crippen molar-refractivity contribution in [3.05, 3.63) is 56.7 Å². The van der Waals surface area contributed by atoms with Gasteiger partial charge in [0.05, 0.1) is 25.4 Å². The van der Waals surface area contributed by atoms with Crippen molar-refractivity contribution in [3.63, 3.8) is 0 Å². The number of benzene rings is 1. The molecule has 25 heavy (non-hydrogen) atoms. The van der Waals surface area contributed by atoms with Crippen LogP contribution in [0.2, 0.25) is 0 Å². The minimum Gasteiger partial charge on any atom is -0.494 e. The summed E-state index contributed by atoms with van der Waals surface area (Å²) < 4.78 is 20.4. The molecule has 0 radical (unpaired) electrons. The zero-order valence-electron chi connectivity index (χ0n) is 14.2. The molecule has 2 aromatic heterocycles. The van der Waals surface area contributed by atoms with Crippen LogP contribution in [0.25, 0.3) is 10.2 Å². The number of methoxy groups -OCH3 is 1. The number of ether oxygens (including phenoxy) is 1. The number of nitrogens with zero attached hydrogens (tertiary/aromatic N) is 2. The van der Waals surface area contributed by atoms with Crippen LogP contribution in [0, 0.1) is 11.7 Å². The predicted molar refractivity (Wildman–Crippen MR) is 97.1 cm³/mol. The fraction of sp³-hybridized carbons (Fsp3) is 0.368. The Morgan fingerprint density at radius 3 is 3.04 bits per heavy atom. The third kappa shape index (κ3) is 2.84. The van der Waals surface area contributed by atoms with E-state index >= 15 is 0 Å². The summed E-state index contributed by atoms with van der Waals surface area (Å²) in [5.74, 6) is 0.430. The molecule has 1 atom stereocenters. The number of halogens is 1. The Kier molecular flexibility index (Phi) is 4.07. The Morgan fingerprint density at radius 1 is 1.44 bits per heavy atom. The van der Waals surface area contributed by atoms with Gasteiger partial charge in [-0.1, -0.05) is 13.0 Å². The summed E-state index contributed by atoms with van der Waals surface area (Å²) in [7, 11) is 1.43. The van der Waals surface area contributed by atoms with E-state index in [4.69, 9.17) is 4.74 Å². The Labute approximate surface area is 148 Å². The highest BCUT2D eigenvalue weighted by Gasteiger charge is 2.23. The van der Waals surface area contributed by atoms with Crippen LogP contribution in [0.3, 0.4) is 0 Å². The van der Waals surface area contributed by atoms with Crippen molar-refractivity contribution in [1.29, 1.82) is 0 Å². The zero-order valence-corrected chi connectivity index (χ0v) is 15.0. The largest absolute Gasteiger partial charge is 0.494 e. The lowest BCUT2D eigenvalue weighted by Crippen LogP contribution is -2.22. The summed E-state index contributed by atoms with van der Waals surface area (Å²) in [4.78, 5) is 19.6. The SMILES string of the molecule is COc1ccc(Cn2cnc3sc4c(c3c2=O)CC[C@@H](C)C4)cc1F. The van der Waals surface area contributed by atoms with Gasteiger partial charge in [-0.2, -0.15) is 0 Å². The summed E-state index contributed by atoms with van der Waals surface area (Å²) in [6.45, 7) is 2.54. The van der Waals surface area contributed by atoms with Gasteiger partial charge < -0.3 is 4.74 Å². The van der Waals surface area contributed by atoms with Crippen LogP contribution >= 0.6 is 11.3 Å². The van der Waals surface area contributed by atoms with Gasteiger partial charge in [0, 0.05) is 4.88 Å². The second-order valence-electron chi connectivity index (χ2n) is 6.68. The fourth-order valence-corrected chi connectivity index (χ4v) is 4.82. The van der Waals surface area contributed by atoms with E-state index in [1.807, 2.05) is 0 Å². The summed E-state index contributed by atoms with van der Waals surface area (Å²) in [5, 5.41) is 0.753. The Balaban J connectivity index is 1.75. The maximum absolute atomic E-state index is 13.9. The van der Waals surface area contributed by atoms with Gasteiger partial charge in [-0.15, -0.1) is 11.3 Å². The van der Waals surface area contributed by atoms with Gasteiger partial charge in [-0.25, -0.2) is 9.37 Å². The van der Waals surface area contributed by atoms with Crippen LogP contribution in [0.15, 0.2) is 29.3 Å². The van der Waals surface area contributed by atoms with E-state index in [0.29, 0.717) is 18.0 Å². The van der Waals surface area contributed by atoms with Crippen molar-refractivity contribution in [3.8, 4) is 5.75 Å². The van der Waals surface area contributed by atoms with Crippen LogP contribution < -0.4 is 10.3 Å². The summed E-state index contributed by atoms with van der Waals surface area (Å²) >= 11 is 1.64. The van der Waals surface area contributed by atoms with E-state index in [1.165, 1.54) is 23.6 Å². The topological polar surface area (TPSA) is 44.1 Å². The highest BCUT2D eigenvalue weighted by atomic mass is 32.1. The van der Waals surface area contributed by atoms with Gasteiger partial charge in [0.1, 0.15) is 4.83 Å². The van der Waals surface area contributed by atoms with Crippen molar-refractivity contribution in [2.24, 2.45) is 5.92 Å². The van der Waals surface area contributed by atoms with Crippen molar-refractivity contribution in [2.45, 2.75) is 32.7 Å². The van der Waals surface area contributed by atoms with E-state index < -0.39 is 5.82 Å². The van der Waals surface area contributed by atoms with Gasteiger partial charge in [0.2, 0.25) is 0 Å². The molecule has 130 valence electrons. The second kappa shape index (κ2) is 6.26. The summed E-state index contributed by atoms with van der Waals surface area (Å²) in [6.07, 6.45) is 4.64. The van der Waals surface area contributed by atoms with Crippen LogP contribution in [-0.2, 0) is 19.4 Å². The van der Waals surface area contributed by atoms with Crippen LogP contribution in [-0.4, -0.2) is 16.7 Å². The van der Waals surface area contributed by atoms with Gasteiger partial charge in [-0.05, 0) is 48.4 Å². The number of aromatic nitrogens is 2. The maximum atomic E-state index is 13.9. The lowest BCUT2D eigenvalue weighted by molar-refractivity contribution is 0.386. The van der Waals surface area contributed by atoms with Gasteiger partial charge in [0.15, 0.2) is 11.6 Å². The van der Waals surface area contributed by atoms with E-state index in [2.05, 4.69) is 11.9 Å². The molecule has 2 heterocycles. The van der Waals surface area contributed by atoms with Crippen LogP contribution in [0.5, 0.6) is 5.75 Å². The first kappa shape index (κ1) is 16.3. The first-order valence-electron chi connectivity index (χ1n) is 8.39. The van der Waals surface area contributed by atoms with Crippen molar-refractivity contribution >= 4 is 21.6 Å². The predicted octanol–water partition coefficient (Wildman–Crippen LogP) is 3.78. The Bertz CT molecular complexity index is 1010. The Morgan fingerprint density at radius 2 is 2.28 bits per heavy atom. The molecular formula is C19H19FN2O2S. The number of fused-ring (bicyclic) bond motifs is 3. The van der Waals surface area contributed by atoms with Gasteiger partial charge in [0.25, 0.3) is 5.56 Å². The fourth-order valence-electron chi connectivity index (χ4n) is 3.48. The van der Waals surface area contributed by atoms with Crippen LogP contribution in [0.4, 0.5) is 4.39 Å². The molecular weight excluding hydrogens is 339 g/mol. The second-order valence-corrected chi connectivity index (χ2v) is 7.76. The molecule has 1 aromatic carbocycles. The third-order valence-corrected chi connectivity index (χ3v) is 6.01. The molecule has 6 heteroatoms. The molecule has 0 aliphatic heterocycles. The van der Waals surface area contributed by atoms with E-state index in [1.54, 1.807) is 34.4 Å². The number of hydrogen-bond donors (Lipinski definition) is 0. The number of rotatable bonds is 3. The highest BCUT2D eigenvalue weighted by Crippen LogP contribution is 2.35. The molecule has 1 aliphatic carbocycles. The minimum absolute atomic E-state index is 0.0340. The van der Waals surface area contributed by atoms with E-state index in [-0.39, 0.29) is 11.3 Å². The average Bonchev–Trinajstić information content (AvgIpc) is 2.95. The lowest BCUT2D eigenvalue weighted by atomic mass is 9.89. The monoisotopic (exact) mass is 358 g/mol. The van der Waals surface area contributed by atoms with Crippen LogP contribution in [0.1, 0.15) is 29.3 Å². The maximum Gasteiger partial charge on any atom is 0.262 e. The van der Waals surface area contributed by atoms with Gasteiger partial charge >= 0.3 is 0 Å². The highest BCUT2D eigenvalue weighted by molar-refractivity contribution is 7.18. The standard InChI is InChI=1S/C19H19FN2O2S/c1-11-3-5-13-16(7-11)25-18-17(13)19(23)22(10-21-18)9-12-4-6-15(24-2)14(20)8-12/h4,6,8,10-11H,3,5,7,9H2,1-2H3/t11-/m1/s1.